The third-order valence-corrected chi connectivity index (χ3v) is 6.31. The Hall–Kier alpha value is -3.64. The Bertz CT molecular complexity index is 1320. The number of aromatic amines is 1. The summed E-state index contributed by atoms with van der Waals surface area (Å²) in [6.07, 6.45) is -2.43. The molecule has 0 spiro atoms. The Balaban J connectivity index is 0.000000472. The molecule has 1 atom stereocenters. The fourth-order valence-electron chi connectivity index (χ4n) is 3.97. The second-order valence-electron chi connectivity index (χ2n) is 9.68. The lowest BCUT2D eigenvalue weighted by Crippen LogP contribution is -2.29. The van der Waals surface area contributed by atoms with E-state index in [1.165, 1.54) is 0 Å². The largest absolute Gasteiger partial charge is 0.392 e. The molecule has 2 amide bonds. The van der Waals surface area contributed by atoms with Crippen LogP contribution >= 0.6 is 0 Å². The zero-order valence-electron chi connectivity index (χ0n) is 21.6. The molecule has 0 radical (unpaired) electrons. The SMILES string of the molecule is CC(CC(=O)NCc1ccc2nc(CNC(=O)c3cc(F)ccc3F)[nH]c2c1)C(F)(F)F.FC1(F)CCCCC1. The summed E-state index contributed by atoms with van der Waals surface area (Å²) in [6.45, 7) is 0.896. The highest BCUT2D eigenvalue weighted by Crippen LogP contribution is 2.32. The highest BCUT2D eigenvalue weighted by molar-refractivity contribution is 5.94. The van der Waals surface area contributed by atoms with Gasteiger partial charge in [-0.25, -0.2) is 22.5 Å². The smallest absolute Gasteiger partial charge is 0.352 e. The predicted molar refractivity (Wildman–Crippen MR) is 133 cm³/mol. The van der Waals surface area contributed by atoms with Crippen LogP contribution in [0.4, 0.5) is 30.7 Å². The van der Waals surface area contributed by atoms with Gasteiger partial charge in [-0.3, -0.25) is 9.59 Å². The van der Waals surface area contributed by atoms with Gasteiger partial charge in [0.05, 0.1) is 29.1 Å². The number of nitrogens with one attached hydrogen (secondary N) is 3. The standard InChI is InChI=1S/C21H19F5N4O2.C6H10F2/c1-11(21(24,25)26)6-19(31)27-9-12-2-5-16-17(7-12)30-18(29-16)10-28-20(32)14-8-13(22)3-4-15(14)23;7-6(8)4-2-1-3-5-6/h2-5,7-8,11H,6,9-10H2,1H3,(H,27,31)(H,28,32)(H,29,30);1-5H2. The van der Waals surface area contributed by atoms with Crippen LogP contribution in [0.5, 0.6) is 0 Å². The molecule has 3 aromatic rings. The van der Waals surface area contributed by atoms with Gasteiger partial charge in [0.15, 0.2) is 0 Å². The van der Waals surface area contributed by atoms with E-state index in [0.29, 0.717) is 35.3 Å². The summed E-state index contributed by atoms with van der Waals surface area (Å²) in [7, 11) is 0. The molecule has 1 aliphatic carbocycles. The van der Waals surface area contributed by atoms with Crippen molar-refractivity contribution in [2.45, 2.75) is 70.6 Å². The second kappa shape index (κ2) is 13.1. The lowest BCUT2D eigenvalue weighted by atomic mass is 9.97. The quantitative estimate of drug-likeness (QED) is 0.279. The molecule has 1 aromatic heterocycles. The third kappa shape index (κ3) is 9.23. The van der Waals surface area contributed by atoms with Crippen LogP contribution in [-0.2, 0) is 17.9 Å². The average molecular weight is 575 g/mol. The van der Waals surface area contributed by atoms with Crippen LogP contribution in [0.3, 0.4) is 0 Å². The molecule has 1 unspecified atom stereocenters. The topological polar surface area (TPSA) is 86.9 Å². The Kier molecular flexibility index (Phi) is 10.2. The van der Waals surface area contributed by atoms with Crippen molar-refractivity contribution >= 4 is 22.8 Å². The molecule has 2 aromatic carbocycles. The van der Waals surface area contributed by atoms with Gasteiger partial charge in [-0.05, 0) is 48.7 Å². The highest BCUT2D eigenvalue weighted by atomic mass is 19.4. The number of carbonyl (C=O) groups excluding carboxylic acids is 2. The van der Waals surface area contributed by atoms with Gasteiger partial charge in [-0.1, -0.05) is 19.4 Å². The maximum atomic E-state index is 13.7. The number of hydrogen-bond donors (Lipinski definition) is 3. The van der Waals surface area contributed by atoms with Crippen LogP contribution in [0.2, 0.25) is 0 Å². The monoisotopic (exact) mass is 574 g/mol. The molecule has 1 aliphatic rings. The van der Waals surface area contributed by atoms with E-state index in [9.17, 15) is 40.3 Å². The number of H-pyrrole nitrogens is 1. The first-order chi connectivity index (χ1) is 18.7. The second-order valence-corrected chi connectivity index (χ2v) is 9.68. The molecule has 1 saturated carbocycles. The van der Waals surface area contributed by atoms with E-state index in [1.54, 1.807) is 18.2 Å². The van der Waals surface area contributed by atoms with E-state index in [0.717, 1.165) is 31.5 Å². The molecule has 40 heavy (non-hydrogen) atoms. The maximum absolute atomic E-state index is 13.7. The molecule has 4 rings (SSSR count). The number of rotatable bonds is 7. The highest BCUT2D eigenvalue weighted by Gasteiger charge is 2.37. The molecule has 6 nitrogen and oxygen atoms in total. The summed E-state index contributed by atoms with van der Waals surface area (Å²) >= 11 is 0. The first kappa shape index (κ1) is 30.9. The van der Waals surface area contributed by atoms with Crippen molar-refractivity contribution in [2.24, 2.45) is 5.92 Å². The summed E-state index contributed by atoms with van der Waals surface area (Å²) in [6, 6.07) is 7.51. The van der Waals surface area contributed by atoms with Gasteiger partial charge in [0.1, 0.15) is 17.5 Å². The van der Waals surface area contributed by atoms with E-state index >= 15 is 0 Å². The van der Waals surface area contributed by atoms with Crippen LogP contribution in [0.1, 0.15) is 67.2 Å². The molecule has 1 fully saturated rings. The number of amides is 2. The van der Waals surface area contributed by atoms with Gasteiger partial charge >= 0.3 is 6.18 Å². The normalized spacial score (nSPS) is 15.6. The van der Waals surface area contributed by atoms with Crippen LogP contribution < -0.4 is 10.6 Å². The van der Waals surface area contributed by atoms with E-state index in [4.69, 9.17) is 0 Å². The fourth-order valence-corrected chi connectivity index (χ4v) is 3.97. The summed E-state index contributed by atoms with van der Waals surface area (Å²) < 4.78 is 89.0. The van der Waals surface area contributed by atoms with Crippen molar-refractivity contribution in [2.75, 3.05) is 0 Å². The molecule has 3 N–H and O–H groups in total. The van der Waals surface area contributed by atoms with Crippen LogP contribution in [0, 0.1) is 17.6 Å². The molecule has 0 bridgehead atoms. The zero-order valence-corrected chi connectivity index (χ0v) is 21.6. The van der Waals surface area contributed by atoms with Crippen LogP contribution in [0.15, 0.2) is 36.4 Å². The first-order valence-electron chi connectivity index (χ1n) is 12.7. The number of imidazole rings is 1. The van der Waals surface area contributed by atoms with Gasteiger partial charge < -0.3 is 15.6 Å². The number of aromatic nitrogens is 2. The molecular weight excluding hydrogens is 545 g/mol. The molecular formula is C27H29F7N4O2. The predicted octanol–water partition coefficient (Wildman–Crippen LogP) is 6.56. The van der Waals surface area contributed by atoms with E-state index < -0.39 is 53.4 Å². The molecule has 218 valence electrons. The Morgan fingerprint density at radius 1 is 1.00 bits per heavy atom. The molecule has 1 heterocycles. The minimum absolute atomic E-state index is 0.0310. The number of carbonyl (C=O) groups is 2. The summed E-state index contributed by atoms with van der Waals surface area (Å²) in [5.41, 5.74) is 1.32. The van der Waals surface area contributed by atoms with Crippen LogP contribution in [-0.4, -0.2) is 33.9 Å². The number of fused-ring (bicyclic) bond motifs is 1. The van der Waals surface area contributed by atoms with Crippen molar-refractivity contribution in [1.29, 1.82) is 0 Å². The molecule has 0 saturated heterocycles. The Morgan fingerprint density at radius 2 is 1.70 bits per heavy atom. The van der Waals surface area contributed by atoms with Gasteiger partial charge in [-0.2, -0.15) is 13.2 Å². The number of alkyl halides is 5. The summed E-state index contributed by atoms with van der Waals surface area (Å²) in [4.78, 5) is 31.0. The molecule has 0 aliphatic heterocycles. The van der Waals surface area contributed by atoms with E-state index in [1.807, 2.05) is 0 Å². The van der Waals surface area contributed by atoms with Gasteiger partial charge in [0.2, 0.25) is 11.8 Å². The Morgan fingerprint density at radius 3 is 2.33 bits per heavy atom. The fraction of sp³-hybridized carbons (Fsp3) is 0.444. The van der Waals surface area contributed by atoms with Gasteiger partial charge in [-0.15, -0.1) is 0 Å². The van der Waals surface area contributed by atoms with Gasteiger partial charge in [0.25, 0.3) is 5.91 Å². The maximum Gasteiger partial charge on any atom is 0.392 e. The first-order valence-corrected chi connectivity index (χ1v) is 12.7. The molecule has 13 heteroatoms. The minimum Gasteiger partial charge on any atom is -0.352 e. The Labute approximate surface area is 225 Å². The zero-order chi connectivity index (χ0) is 29.5. The number of hydrogen-bond acceptors (Lipinski definition) is 3. The lowest BCUT2D eigenvalue weighted by molar-refractivity contribution is -0.174. The average Bonchev–Trinajstić information content (AvgIpc) is 3.29. The van der Waals surface area contributed by atoms with Crippen molar-refractivity contribution in [3.05, 3.63) is 65.0 Å². The van der Waals surface area contributed by atoms with Gasteiger partial charge in [0, 0.05) is 25.8 Å². The van der Waals surface area contributed by atoms with Crippen molar-refractivity contribution in [3.8, 4) is 0 Å². The number of halogens is 7. The summed E-state index contributed by atoms with van der Waals surface area (Å²) in [5, 5.41) is 4.89. The van der Waals surface area contributed by atoms with E-state index in [-0.39, 0.29) is 25.9 Å². The van der Waals surface area contributed by atoms with Crippen molar-refractivity contribution in [1.82, 2.24) is 20.6 Å². The number of benzene rings is 2. The van der Waals surface area contributed by atoms with Crippen LogP contribution in [0.25, 0.3) is 11.0 Å². The van der Waals surface area contributed by atoms with E-state index in [2.05, 4.69) is 20.6 Å². The minimum atomic E-state index is -4.43. The van der Waals surface area contributed by atoms with Crippen molar-refractivity contribution < 1.29 is 40.3 Å². The summed E-state index contributed by atoms with van der Waals surface area (Å²) in [5.74, 6) is -6.83. The lowest BCUT2D eigenvalue weighted by Gasteiger charge is -2.20. The third-order valence-electron chi connectivity index (χ3n) is 6.31. The van der Waals surface area contributed by atoms with Crippen molar-refractivity contribution in [3.63, 3.8) is 0 Å². The number of nitrogens with zero attached hydrogens (tertiary/aromatic N) is 1.